The van der Waals surface area contributed by atoms with E-state index in [4.69, 9.17) is 0 Å². The number of benzene rings is 1. The summed E-state index contributed by atoms with van der Waals surface area (Å²) >= 11 is 1.29. The first-order chi connectivity index (χ1) is 8.16. The zero-order valence-corrected chi connectivity index (χ0v) is 11.1. The Morgan fingerprint density at radius 3 is 2.47 bits per heavy atom. The molecular weight excluding hydrogens is 232 g/mol. The van der Waals surface area contributed by atoms with Gasteiger partial charge in [0, 0.05) is 24.3 Å². The molecule has 0 radical (unpaired) electrons. The Hall–Kier alpha value is -1.49. The summed E-state index contributed by atoms with van der Waals surface area (Å²) in [7, 11) is 1.97. The molecule has 0 bridgehead atoms. The summed E-state index contributed by atoms with van der Waals surface area (Å²) in [6.45, 7) is 4.46. The zero-order valence-electron chi connectivity index (χ0n) is 10.3. The molecule has 90 valence electrons. The van der Waals surface area contributed by atoms with E-state index < -0.39 is 0 Å². The van der Waals surface area contributed by atoms with Gasteiger partial charge in [-0.15, -0.1) is 0 Å². The molecule has 0 spiro atoms. The summed E-state index contributed by atoms with van der Waals surface area (Å²) < 4.78 is 3.76. The number of nitrogens with zero attached hydrogens (tertiary/aromatic N) is 4. The molecule has 0 saturated carbocycles. The predicted octanol–water partition coefficient (Wildman–Crippen LogP) is 2.90. The number of anilines is 2. The smallest absolute Gasteiger partial charge is 0.232 e. The van der Waals surface area contributed by atoms with Crippen LogP contribution in [0.4, 0.5) is 10.8 Å². The summed E-state index contributed by atoms with van der Waals surface area (Å²) in [4.78, 5) is 1.99. The maximum absolute atomic E-state index is 3.95. The predicted molar refractivity (Wildman–Crippen MR) is 70.8 cm³/mol. The molecule has 0 N–H and O–H groups in total. The Kier molecular flexibility index (Phi) is 3.68. The van der Waals surface area contributed by atoms with Gasteiger partial charge in [0.05, 0.1) is 0 Å². The second-order valence-corrected chi connectivity index (χ2v) is 5.18. The Labute approximate surface area is 105 Å². The van der Waals surface area contributed by atoms with E-state index in [1.165, 1.54) is 17.1 Å². The van der Waals surface area contributed by atoms with Gasteiger partial charge in [0.15, 0.2) is 0 Å². The fourth-order valence-corrected chi connectivity index (χ4v) is 2.14. The van der Waals surface area contributed by atoms with Crippen molar-refractivity contribution in [3.8, 4) is 0 Å². The van der Waals surface area contributed by atoms with Gasteiger partial charge in [0.1, 0.15) is 0 Å². The third kappa shape index (κ3) is 3.00. The lowest BCUT2D eigenvalue weighted by atomic mass is 10.0. The first-order valence-electron chi connectivity index (χ1n) is 5.64. The van der Waals surface area contributed by atoms with E-state index in [1.54, 1.807) is 0 Å². The first kappa shape index (κ1) is 12.0. The highest BCUT2D eigenvalue weighted by Crippen LogP contribution is 2.23. The van der Waals surface area contributed by atoms with Crippen LogP contribution in [-0.4, -0.2) is 21.8 Å². The number of rotatable bonds is 4. The van der Waals surface area contributed by atoms with Crippen molar-refractivity contribution in [2.24, 2.45) is 5.92 Å². The second-order valence-electron chi connectivity index (χ2n) is 4.47. The van der Waals surface area contributed by atoms with Crippen molar-refractivity contribution < 1.29 is 0 Å². The molecule has 5 heteroatoms. The number of aromatic nitrogens is 3. The minimum atomic E-state index is 0.686. The summed E-state index contributed by atoms with van der Waals surface area (Å²) in [6.07, 6.45) is 1.12. The molecule has 1 aromatic heterocycles. The Morgan fingerprint density at radius 2 is 1.94 bits per heavy atom. The summed E-state index contributed by atoms with van der Waals surface area (Å²) in [5.74, 6) is 0.686. The van der Waals surface area contributed by atoms with Crippen molar-refractivity contribution in [1.29, 1.82) is 0 Å². The third-order valence-electron chi connectivity index (χ3n) is 2.54. The Bertz CT molecular complexity index is 450. The lowest BCUT2D eigenvalue weighted by Gasteiger charge is -2.15. The quantitative estimate of drug-likeness (QED) is 0.834. The second kappa shape index (κ2) is 5.23. The average molecular weight is 248 g/mol. The molecule has 1 heterocycles. The standard InChI is InChI=1S/C12H16N4S/c1-9(2)8-10-4-6-11(7-5-10)16(3)12-13-14-15-17-12/h4-7,9H,8H2,1-3H3. The van der Waals surface area contributed by atoms with Crippen molar-refractivity contribution in [3.05, 3.63) is 29.8 Å². The number of hydrogen-bond acceptors (Lipinski definition) is 5. The Morgan fingerprint density at radius 1 is 1.24 bits per heavy atom. The highest BCUT2D eigenvalue weighted by Gasteiger charge is 2.07. The van der Waals surface area contributed by atoms with Gasteiger partial charge in [-0.1, -0.05) is 35.6 Å². The molecule has 1 aromatic carbocycles. The van der Waals surface area contributed by atoms with Gasteiger partial charge < -0.3 is 4.90 Å². The summed E-state index contributed by atoms with van der Waals surface area (Å²) in [6, 6.07) is 8.55. The van der Waals surface area contributed by atoms with Gasteiger partial charge in [-0.2, -0.15) is 0 Å². The highest BCUT2D eigenvalue weighted by molar-refractivity contribution is 7.09. The lowest BCUT2D eigenvalue weighted by Crippen LogP contribution is -2.09. The minimum absolute atomic E-state index is 0.686. The normalized spacial score (nSPS) is 10.8. The number of hydrogen-bond donors (Lipinski definition) is 0. The van der Waals surface area contributed by atoms with Crippen LogP contribution in [0.2, 0.25) is 0 Å². The average Bonchev–Trinajstić information content (AvgIpc) is 2.82. The van der Waals surface area contributed by atoms with Crippen LogP contribution >= 0.6 is 11.5 Å². The topological polar surface area (TPSA) is 41.9 Å². The van der Waals surface area contributed by atoms with Gasteiger partial charge in [-0.25, -0.2) is 0 Å². The van der Waals surface area contributed by atoms with E-state index in [9.17, 15) is 0 Å². The molecule has 0 fully saturated rings. The molecule has 0 aliphatic carbocycles. The molecule has 0 aliphatic heterocycles. The molecular formula is C12H16N4S. The highest BCUT2D eigenvalue weighted by atomic mass is 32.1. The van der Waals surface area contributed by atoms with E-state index in [-0.39, 0.29) is 0 Å². The summed E-state index contributed by atoms with van der Waals surface area (Å²) in [5, 5.41) is 8.36. The van der Waals surface area contributed by atoms with Crippen molar-refractivity contribution in [2.45, 2.75) is 20.3 Å². The van der Waals surface area contributed by atoms with E-state index in [1.807, 2.05) is 11.9 Å². The van der Waals surface area contributed by atoms with E-state index in [0.717, 1.165) is 17.2 Å². The van der Waals surface area contributed by atoms with Crippen molar-refractivity contribution in [2.75, 3.05) is 11.9 Å². The van der Waals surface area contributed by atoms with Crippen LogP contribution in [0.1, 0.15) is 19.4 Å². The fraction of sp³-hybridized carbons (Fsp3) is 0.417. The molecule has 2 rings (SSSR count). The van der Waals surface area contributed by atoms with Gasteiger partial charge in [-0.05, 0) is 35.2 Å². The molecule has 0 atom stereocenters. The fourth-order valence-electron chi connectivity index (χ4n) is 1.70. The summed E-state index contributed by atoms with van der Waals surface area (Å²) in [5.41, 5.74) is 2.48. The van der Waals surface area contributed by atoms with Crippen molar-refractivity contribution in [1.82, 2.24) is 14.8 Å². The zero-order chi connectivity index (χ0) is 12.3. The van der Waals surface area contributed by atoms with E-state index in [2.05, 4.69) is 52.9 Å². The maximum Gasteiger partial charge on any atom is 0.232 e. The van der Waals surface area contributed by atoms with Gasteiger partial charge in [0.2, 0.25) is 5.13 Å². The minimum Gasteiger partial charge on any atom is -0.318 e. The van der Waals surface area contributed by atoms with Crippen LogP contribution in [0, 0.1) is 5.92 Å². The van der Waals surface area contributed by atoms with Crippen LogP contribution < -0.4 is 4.90 Å². The maximum atomic E-state index is 3.95. The molecule has 0 aliphatic rings. The van der Waals surface area contributed by atoms with Gasteiger partial charge >= 0.3 is 0 Å². The van der Waals surface area contributed by atoms with Crippen LogP contribution in [-0.2, 0) is 6.42 Å². The van der Waals surface area contributed by atoms with Gasteiger partial charge in [0.25, 0.3) is 0 Å². The molecule has 0 unspecified atom stereocenters. The largest absolute Gasteiger partial charge is 0.318 e. The van der Waals surface area contributed by atoms with Crippen molar-refractivity contribution >= 4 is 22.4 Å². The lowest BCUT2D eigenvalue weighted by molar-refractivity contribution is 0.647. The van der Waals surface area contributed by atoms with Crippen LogP contribution in [0.15, 0.2) is 24.3 Å². The van der Waals surface area contributed by atoms with Crippen LogP contribution in [0.25, 0.3) is 0 Å². The molecule has 17 heavy (non-hydrogen) atoms. The molecule has 4 nitrogen and oxygen atoms in total. The van der Waals surface area contributed by atoms with E-state index >= 15 is 0 Å². The SMILES string of the molecule is CC(C)Cc1ccc(N(C)c2nnns2)cc1. The van der Waals surface area contributed by atoms with Gasteiger partial charge in [-0.3, -0.25) is 0 Å². The Balaban J connectivity index is 2.12. The monoisotopic (exact) mass is 248 g/mol. The molecule has 0 amide bonds. The molecule has 2 aromatic rings. The van der Waals surface area contributed by atoms with E-state index in [0.29, 0.717) is 5.92 Å². The first-order valence-corrected chi connectivity index (χ1v) is 6.42. The van der Waals surface area contributed by atoms with Crippen molar-refractivity contribution in [3.63, 3.8) is 0 Å². The van der Waals surface area contributed by atoms with Crippen LogP contribution in [0.5, 0.6) is 0 Å². The molecule has 0 saturated heterocycles. The van der Waals surface area contributed by atoms with Crippen LogP contribution in [0.3, 0.4) is 0 Å². The third-order valence-corrected chi connectivity index (χ3v) is 3.22.